The van der Waals surface area contributed by atoms with Gasteiger partial charge in [-0.2, -0.15) is 5.10 Å². The Morgan fingerprint density at radius 1 is 0.909 bits per heavy atom. The molecule has 0 atom stereocenters. The van der Waals surface area contributed by atoms with E-state index >= 15 is 0 Å². The number of benzene rings is 2. The Morgan fingerprint density at radius 2 is 1.68 bits per heavy atom. The Kier molecular flexibility index (Phi) is 3.39. The van der Waals surface area contributed by atoms with Crippen LogP contribution >= 0.6 is 0 Å². The van der Waals surface area contributed by atoms with Crippen molar-refractivity contribution in [2.45, 2.75) is 19.5 Å². The summed E-state index contributed by atoms with van der Waals surface area (Å²) < 4.78 is 2.02. The van der Waals surface area contributed by atoms with Gasteiger partial charge in [-0.15, -0.1) is 0 Å². The molecule has 0 saturated heterocycles. The molecule has 0 bridgehead atoms. The molecule has 0 spiro atoms. The van der Waals surface area contributed by atoms with Gasteiger partial charge in [0.05, 0.1) is 18.4 Å². The summed E-state index contributed by atoms with van der Waals surface area (Å²) >= 11 is 0. The zero-order chi connectivity index (χ0) is 14.8. The molecule has 0 fully saturated rings. The van der Waals surface area contributed by atoms with E-state index in [0.717, 1.165) is 26.1 Å². The van der Waals surface area contributed by atoms with Crippen LogP contribution < -0.4 is 4.90 Å². The molecule has 0 aliphatic carbocycles. The van der Waals surface area contributed by atoms with Gasteiger partial charge in [-0.3, -0.25) is 4.68 Å². The summed E-state index contributed by atoms with van der Waals surface area (Å²) in [5.74, 6) is 0. The Bertz CT molecular complexity index is 761. The summed E-state index contributed by atoms with van der Waals surface area (Å²) in [4.78, 5) is 2.41. The van der Waals surface area contributed by atoms with E-state index in [2.05, 4.69) is 64.7 Å². The molecule has 1 aromatic heterocycles. The van der Waals surface area contributed by atoms with Crippen LogP contribution in [0.25, 0.3) is 0 Å². The summed E-state index contributed by atoms with van der Waals surface area (Å²) in [6, 6.07) is 19.2. The van der Waals surface area contributed by atoms with Gasteiger partial charge in [-0.05, 0) is 23.1 Å². The maximum Gasteiger partial charge on any atom is 0.0755 e. The minimum Gasteiger partial charge on any atom is -0.364 e. The average Bonchev–Trinajstić information content (AvgIpc) is 3.04. The summed E-state index contributed by atoms with van der Waals surface area (Å²) in [5, 5.41) is 4.52. The van der Waals surface area contributed by atoms with Crippen LogP contribution in [0.5, 0.6) is 0 Å². The van der Waals surface area contributed by atoms with E-state index in [1.54, 1.807) is 0 Å². The molecular formula is C19H19N3. The third-order valence-electron chi connectivity index (χ3n) is 4.30. The number of fused-ring (bicyclic) bond motifs is 1. The van der Waals surface area contributed by atoms with Crippen molar-refractivity contribution in [1.29, 1.82) is 0 Å². The normalized spacial score (nSPS) is 13.9. The van der Waals surface area contributed by atoms with Gasteiger partial charge < -0.3 is 4.90 Å². The van der Waals surface area contributed by atoms with Crippen molar-refractivity contribution in [3.8, 4) is 0 Å². The van der Waals surface area contributed by atoms with E-state index in [0.29, 0.717) is 0 Å². The second-order valence-corrected chi connectivity index (χ2v) is 5.82. The zero-order valence-corrected chi connectivity index (χ0v) is 12.5. The first-order chi connectivity index (χ1) is 10.9. The molecule has 3 heteroatoms. The molecule has 0 unspecified atom stereocenters. The lowest BCUT2D eigenvalue weighted by Crippen LogP contribution is -2.29. The predicted molar refractivity (Wildman–Crippen MR) is 89.0 cm³/mol. The Labute approximate surface area is 130 Å². The van der Waals surface area contributed by atoms with E-state index < -0.39 is 0 Å². The van der Waals surface area contributed by atoms with Crippen LogP contribution in [0, 0.1) is 0 Å². The quantitative estimate of drug-likeness (QED) is 0.736. The highest BCUT2D eigenvalue weighted by atomic mass is 15.3. The van der Waals surface area contributed by atoms with E-state index in [-0.39, 0.29) is 0 Å². The molecule has 1 aliphatic rings. The molecule has 0 saturated carbocycles. The monoisotopic (exact) mass is 289 g/mol. The Morgan fingerprint density at radius 3 is 2.55 bits per heavy atom. The standard InChI is InChI=1S/C19H19N3/c1-2-6-16(7-3-1)13-22-15-19(12-20-22)21-11-10-17-8-4-5-9-18(17)14-21/h1-9,12,15H,10-11,13-14H2. The number of hydrogen-bond acceptors (Lipinski definition) is 2. The fraction of sp³-hybridized carbons (Fsp3) is 0.211. The molecule has 3 aromatic rings. The van der Waals surface area contributed by atoms with Crippen molar-refractivity contribution in [2.75, 3.05) is 11.4 Å². The number of hydrogen-bond donors (Lipinski definition) is 0. The number of nitrogens with zero attached hydrogens (tertiary/aromatic N) is 3. The SMILES string of the molecule is c1ccc(Cn2cc(N3CCc4ccccc4C3)cn2)cc1. The zero-order valence-electron chi connectivity index (χ0n) is 12.5. The molecule has 2 heterocycles. The van der Waals surface area contributed by atoms with Gasteiger partial charge >= 0.3 is 0 Å². The largest absolute Gasteiger partial charge is 0.364 e. The van der Waals surface area contributed by atoms with Gasteiger partial charge in [0.15, 0.2) is 0 Å². The molecule has 4 rings (SSSR count). The van der Waals surface area contributed by atoms with Gasteiger partial charge in [-0.1, -0.05) is 54.6 Å². The van der Waals surface area contributed by atoms with Crippen molar-refractivity contribution in [1.82, 2.24) is 9.78 Å². The minimum absolute atomic E-state index is 0.825. The summed E-state index contributed by atoms with van der Waals surface area (Å²) in [7, 11) is 0. The first-order valence-electron chi connectivity index (χ1n) is 7.76. The third-order valence-corrected chi connectivity index (χ3v) is 4.30. The van der Waals surface area contributed by atoms with Crippen LogP contribution in [0.1, 0.15) is 16.7 Å². The van der Waals surface area contributed by atoms with Crippen molar-refractivity contribution in [2.24, 2.45) is 0 Å². The fourth-order valence-corrected chi connectivity index (χ4v) is 3.09. The van der Waals surface area contributed by atoms with E-state index in [9.17, 15) is 0 Å². The maximum absolute atomic E-state index is 4.52. The lowest BCUT2D eigenvalue weighted by Gasteiger charge is -2.29. The number of rotatable bonds is 3. The molecule has 3 nitrogen and oxygen atoms in total. The summed E-state index contributed by atoms with van der Waals surface area (Å²) in [6.07, 6.45) is 5.25. The van der Waals surface area contributed by atoms with E-state index in [1.807, 2.05) is 16.9 Å². The number of aromatic nitrogens is 2. The lowest BCUT2D eigenvalue weighted by atomic mass is 10.00. The van der Waals surface area contributed by atoms with Crippen molar-refractivity contribution in [3.05, 3.63) is 83.7 Å². The molecule has 110 valence electrons. The van der Waals surface area contributed by atoms with Crippen LogP contribution in [0.15, 0.2) is 67.0 Å². The summed E-state index contributed by atoms with van der Waals surface area (Å²) in [5.41, 5.74) is 5.41. The van der Waals surface area contributed by atoms with Gasteiger partial charge in [0.25, 0.3) is 0 Å². The number of anilines is 1. The van der Waals surface area contributed by atoms with Gasteiger partial charge in [-0.25, -0.2) is 0 Å². The molecular weight excluding hydrogens is 270 g/mol. The molecule has 0 N–H and O–H groups in total. The van der Waals surface area contributed by atoms with E-state index in [4.69, 9.17) is 0 Å². The van der Waals surface area contributed by atoms with Crippen LogP contribution in [-0.4, -0.2) is 16.3 Å². The van der Waals surface area contributed by atoms with Crippen molar-refractivity contribution >= 4 is 5.69 Å². The predicted octanol–water partition coefficient (Wildman–Crippen LogP) is 3.49. The van der Waals surface area contributed by atoms with Crippen LogP contribution in [0.4, 0.5) is 5.69 Å². The maximum atomic E-state index is 4.52. The van der Waals surface area contributed by atoms with Crippen LogP contribution in [0.3, 0.4) is 0 Å². The van der Waals surface area contributed by atoms with Crippen molar-refractivity contribution in [3.63, 3.8) is 0 Å². The lowest BCUT2D eigenvalue weighted by molar-refractivity contribution is 0.685. The molecule has 0 radical (unpaired) electrons. The fourth-order valence-electron chi connectivity index (χ4n) is 3.09. The topological polar surface area (TPSA) is 21.1 Å². The molecule has 2 aromatic carbocycles. The second-order valence-electron chi connectivity index (χ2n) is 5.82. The Balaban J connectivity index is 1.51. The first-order valence-corrected chi connectivity index (χ1v) is 7.76. The van der Waals surface area contributed by atoms with Crippen molar-refractivity contribution < 1.29 is 0 Å². The third kappa shape index (κ3) is 2.62. The highest BCUT2D eigenvalue weighted by Crippen LogP contribution is 2.24. The van der Waals surface area contributed by atoms with Crippen LogP contribution in [0.2, 0.25) is 0 Å². The van der Waals surface area contributed by atoms with Crippen LogP contribution in [-0.2, 0) is 19.5 Å². The first kappa shape index (κ1) is 13.1. The molecule has 22 heavy (non-hydrogen) atoms. The molecule has 0 amide bonds. The smallest absolute Gasteiger partial charge is 0.0755 e. The average molecular weight is 289 g/mol. The van der Waals surface area contributed by atoms with Gasteiger partial charge in [0, 0.05) is 19.3 Å². The highest BCUT2D eigenvalue weighted by molar-refractivity contribution is 5.47. The van der Waals surface area contributed by atoms with Gasteiger partial charge in [0.1, 0.15) is 0 Å². The minimum atomic E-state index is 0.825. The summed E-state index contributed by atoms with van der Waals surface area (Å²) in [6.45, 7) is 2.87. The Hall–Kier alpha value is -2.55. The second kappa shape index (κ2) is 5.68. The molecule has 1 aliphatic heterocycles. The van der Waals surface area contributed by atoms with E-state index in [1.165, 1.54) is 22.4 Å². The van der Waals surface area contributed by atoms with Gasteiger partial charge in [0.2, 0.25) is 0 Å². The highest BCUT2D eigenvalue weighted by Gasteiger charge is 2.17.